The Morgan fingerprint density at radius 2 is 2.00 bits per heavy atom. The van der Waals surface area contributed by atoms with E-state index in [1.807, 2.05) is 0 Å². The van der Waals surface area contributed by atoms with E-state index in [1.165, 1.54) is 0 Å². The van der Waals surface area contributed by atoms with Gasteiger partial charge in [-0.15, -0.1) is 0 Å². The van der Waals surface area contributed by atoms with Crippen LogP contribution in [0, 0.1) is 10.1 Å². The van der Waals surface area contributed by atoms with Crippen LogP contribution in [0.4, 0.5) is 5.69 Å². The summed E-state index contributed by atoms with van der Waals surface area (Å²) < 4.78 is 35.1. The normalized spacial score (nSPS) is 11.1. The highest BCUT2D eigenvalue weighted by atomic mass is 32.2. The molecule has 0 aliphatic heterocycles. The van der Waals surface area contributed by atoms with Gasteiger partial charge in [-0.25, -0.2) is 0 Å². The van der Waals surface area contributed by atoms with Crippen LogP contribution < -0.4 is 4.74 Å². The van der Waals surface area contributed by atoms with Crippen LogP contribution in [0.15, 0.2) is 17.0 Å². The van der Waals surface area contributed by atoms with E-state index in [0.717, 1.165) is 13.2 Å². The van der Waals surface area contributed by atoms with Crippen molar-refractivity contribution in [1.29, 1.82) is 0 Å². The van der Waals surface area contributed by atoms with Crippen LogP contribution in [0.25, 0.3) is 0 Å². The Hall–Kier alpha value is -1.87. The molecular weight excluding hydrogens is 242 g/mol. The zero-order chi connectivity index (χ0) is 12.5. The number of nitrogens with zero attached hydrogens (tertiary/aromatic N) is 1. The lowest BCUT2D eigenvalue weighted by atomic mass is 10.3. The molecule has 0 spiro atoms. The molecule has 8 nitrogen and oxygen atoms in total. The molecule has 1 rings (SSSR count). The average molecular weight is 249 g/mol. The molecule has 2 N–H and O–H groups in total. The monoisotopic (exact) mass is 249 g/mol. The third kappa shape index (κ3) is 2.20. The van der Waals surface area contributed by atoms with Crippen molar-refractivity contribution >= 4 is 15.8 Å². The Morgan fingerprint density at radius 1 is 1.44 bits per heavy atom. The van der Waals surface area contributed by atoms with E-state index < -0.39 is 31.4 Å². The van der Waals surface area contributed by atoms with E-state index in [2.05, 4.69) is 4.74 Å². The van der Waals surface area contributed by atoms with Gasteiger partial charge in [-0.2, -0.15) is 8.42 Å². The molecule has 0 saturated carbocycles. The molecule has 0 aliphatic carbocycles. The number of hydrogen-bond acceptors (Lipinski definition) is 6. The lowest BCUT2D eigenvalue weighted by Crippen LogP contribution is -2.03. The van der Waals surface area contributed by atoms with Crippen molar-refractivity contribution in [2.45, 2.75) is 4.90 Å². The molecule has 0 aromatic heterocycles. The summed E-state index contributed by atoms with van der Waals surface area (Å²) in [6, 6.07) is 1.25. The maximum atomic E-state index is 10.9. The Kier molecular flexibility index (Phi) is 3.01. The topological polar surface area (TPSA) is 127 Å². The first-order chi connectivity index (χ1) is 7.27. The maximum Gasteiger partial charge on any atom is 0.312 e. The second-order valence-corrected chi connectivity index (χ2v) is 4.11. The van der Waals surface area contributed by atoms with Crippen molar-refractivity contribution in [2.75, 3.05) is 7.11 Å². The molecule has 0 atom stereocenters. The van der Waals surface area contributed by atoms with Gasteiger partial charge in [0, 0.05) is 12.1 Å². The largest absolute Gasteiger partial charge is 0.502 e. The molecule has 9 heteroatoms. The van der Waals surface area contributed by atoms with Gasteiger partial charge in [0.2, 0.25) is 0 Å². The third-order valence-corrected chi connectivity index (χ3v) is 2.61. The first-order valence-electron chi connectivity index (χ1n) is 3.80. The smallest absolute Gasteiger partial charge is 0.312 e. The predicted octanol–water partition coefficient (Wildman–Crippen LogP) is 0.556. The molecule has 16 heavy (non-hydrogen) atoms. The van der Waals surface area contributed by atoms with Crippen LogP contribution in [0.1, 0.15) is 0 Å². The fourth-order valence-corrected chi connectivity index (χ4v) is 1.70. The van der Waals surface area contributed by atoms with Crippen LogP contribution in [0.2, 0.25) is 0 Å². The molecule has 88 valence electrons. The number of aromatic hydroxyl groups is 1. The number of nitro benzene ring substituents is 1. The summed E-state index contributed by atoms with van der Waals surface area (Å²) in [6.45, 7) is 0. The summed E-state index contributed by atoms with van der Waals surface area (Å²) in [5.74, 6) is -1.14. The number of phenols is 1. The highest BCUT2D eigenvalue weighted by Crippen LogP contribution is 2.35. The minimum Gasteiger partial charge on any atom is -0.502 e. The Bertz CT molecular complexity index is 536. The summed E-state index contributed by atoms with van der Waals surface area (Å²) in [6.07, 6.45) is 0. The molecule has 0 fully saturated rings. The molecule has 1 aromatic carbocycles. The molecule has 0 radical (unpaired) electrons. The molecule has 1 aromatic rings. The van der Waals surface area contributed by atoms with E-state index >= 15 is 0 Å². The fourth-order valence-electron chi connectivity index (χ4n) is 1.05. The number of hydrogen-bond donors (Lipinski definition) is 2. The SMILES string of the molecule is COc1cc(O)c([N+](=O)[O-])cc1S(=O)(=O)O. The van der Waals surface area contributed by atoms with Crippen molar-refractivity contribution in [3.63, 3.8) is 0 Å². The fraction of sp³-hybridized carbons (Fsp3) is 0.143. The quantitative estimate of drug-likeness (QED) is 0.455. The number of ether oxygens (including phenoxy) is 1. The van der Waals surface area contributed by atoms with Gasteiger partial charge in [-0.3, -0.25) is 14.7 Å². The highest BCUT2D eigenvalue weighted by molar-refractivity contribution is 7.86. The average Bonchev–Trinajstić information content (AvgIpc) is 2.14. The molecule has 0 amide bonds. The summed E-state index contributed by atoms with van der Waals surface area (Å²) in [7, 11) is -3.57. The van der Waals surface area contributed by atoms with Crippen LogP contribution in [0.5, 0.6) is 11.5 Å². The van der Waals surface area contributed by atoms with Crippen molar-refractivity contribution in [1.82, 2.24) is 0 Å². The van der Waals surface area contributed by atoms with E-state index in [4.69, 9.17) is 4.55 Å². The zero-order valence-electron chi connectivity index (χ0n) is 7.95. The van der Waals surface area contributed by atoms with Crippen molar-refractivity contribution in [3.05, 3.63) is 22.2 Å². The van der Waals surface area contributed by atoms with Gasteiger partial charge in [0.05, 0.1) is 12.0 Å². The van der Waals surface area contributed by atoms with E-state index in [1.54, 1.807) is 0 Å². The van der Waals surface area contributed by atoms with Gasteiger partial charge < -0.3 is 9.84 Å². The first kappa shape index (κ1) is 12.2. The molecule has 0 saturated heterocycles. The molecule has 0 unspecified atom stereocenters. The van der Waals surface area contributed by atoms with Crippen LogP contribution in [-0.2, 0) is 10.1 Å². The Balaban J connectivity index is 3.60. The molecule has 0 heterocycles. The zero-order valence-corrected chi connectivity index (χ0v) is 8.76. The highest BCUT2D eigenvalue weighted by Gasteiger charge is 2.24. The van der Waals surface area contributed by atoms with Gasteiger partial charge in [0.1, 0.15) is 10.6 Å². The predicted molar refractivity (Wildman–Crippen MR) is 51.1 cm³/mol. The van der Waals surface area contributed by atoms with Crippen molar-refractivity contribution in [2.24, 2.45) is 0 Å². The van der Waals surface area contributed by atoms with Gasteiger partial charge >= 0.3 is 5.69 Å². The standard InChI is InChI=1S/C7H7NO7S/c1-15-6-3-5(9)4(8(10)11)2-7(6)16(12,13)14/h2-3,9H,1H3,(H,12,13,14). The summed E-state index contributed by atoms with van der Waals surface area (Å²) in [4.78, 5) is 8.67. The van der Waals surface area contributed by atoms with Gasteiger partial charge in [0.25, 0.3) is 10.1 Å². The minimum absolute atomic E-state index is 0.384. The second kappa shape index (κ2) is 3.94. The summed E-state index contributed by atoms with van der Waals surface area (Å²) in [5, 5.41) is 19.6. The third-order valence-electron chi connectivity index (χ3n) is 1.74. The van der Waals surface area contributed by atoms with Gasteiger partial charge in [0.15, 0.2) is 5.75 Å². The lowest BCUT2D eigenvalue weighted by Gasteiger charge is -2.06. The van der Waals surface area contributed by atoms with Crippen molar-refractivity contribution in [3.8, 4) is 11.5 Å². The molecular formula is C7H7NO7S. The number of methoxy groups -OCH3 is 1. The number of rotatable bonds is 3. The van der Waals surface area contributed by atoms with Crippen LogP contribution >= 0.6 is 0 Å². The number of nitro groups is 1. The van der Waals surface area contributed by atoms with E-state index in [0.29, 0.717) is 6.07 Å². The summed E-state index contributed by atoms with van der Waals surface area (Å²) in [5.41, 5.74) is -0.839. The maximum absolute atomic E-state index is 10.9. The number of benzene rings is 1. The van der Waals surface area contributed by atoms with E-state index in [-0.39, 0.29) is 5.75 Å². The minimum atomic E-state index is -4.66. The Morgan fingerprint density at radius 3 is 2.38 bits per heavy atom. The van der Waals surface area contributed by atoms with Gasteiger partial charge in [-0.1, -0.05) is 0 Å². The second-order valence-electron chi connectivity index (χ2n) is 2.72. The first-order valence-corrected chi connectivity index (χ1v) is 5.24. The molecule has 0 bridgehead atoms. The summed E-state index contributed by atoms with van der Waals surface area (Å²) >= 11 is 0. The van der Waals surface area contributed by atoms with E-state index in [9.17, 15) is 23.6 Å². The lowest BCUT2D eigenvalue weighted by molar-refractivity contribution is -0.386. The van der Waals surface area contributed by atoms with Crippen molar-refractivity contribution < 1.29 is 27.7 Å². The van der Waals surface area contributed by atoms with Gasteiger partial charge in [-0.05, 0) is 0 Å². The number of phenolic OH excluding ortho intramolecular Hbond substituents is 1. The van der Waals surface area contributed by atoms with Crippen LogP contribution in [0.3, 0.4) is 0 Å². The van der Waals surface area contributed by atoms with Crippen LogP contribution in [-0.4, -0.2) is 30.1 Å². The Labute approximate surface area is 90.0 Å². The molecule has 0 aliphatic rings.